The second kappa shape index (κ2) is 6.44. The summed E-state index contributed by atoms with van der Waals surface area (Å²) in [6, 6.07) is 3.93. The van der Waals surface area contributed by atoms with Gasteiger partial charge in [0.1, 0.15) is 11.6 Å². The van der Waals surface area contributed by atoms with E-state index in [0.717, 1.165) is 12.8 Å². The van der Waals surface area contributed by atoms with Gasteiger partial charge in [-0.1, -0.05) is 25.8 Å². The Hall–Kier alpha value is -1.00. The quantitative estimate of drug-likeness (QED) is 0.650. The van der Waals surface area contributed by atoms with E-state index in [1.807, 2.05) is 0 Å². The van der Waals surface area contributed by atoms with Gasteiger partial charge in [-0.25, -0.2) is 8.78 Å². The van der Waals surface area contributed by atoms with Crippen LogP contribution in [-0.4, -0.2) is 6.04 Å². The van der Waals surface area contributed by atoms with Gasteiger partial charge in [0.25, 0.3) is 0 Å². The molecule has 0 radical (unpaired) electrons. The lowest BCUT2D eigenvalue weighted by Crippen LogP contribution is -2.44. The molecule has 0 amide bonds. The number of benzene rings is 1. The molecule has 3 unspecified atom stereocenters. The van der Waals surface area contributed by atoms with Crippen LogP contribution in [0.5, 0.6) is 0 Å². The number of halogens is 2. The highest BCUT2D eigenvalue weighted by Crippen LogP contribution is 2.32. The molecule has 1 fully saturated rings. The summed E-state index contributed by atoms with van der Waals surface area (Å²) >= 11 is 0. The van der Waals surface area contributed by atoms with Gasteiger partial charge in [-0.2, -0.15) is 0 Å². The number of hydrogen-bond acceptors (Lipinski definition) is 2. The Kier molecular flexibility index (Phi) is 4.88. The molecule has 2 nitrogen and oxygen atoms in total. The SMILES string of the molecule is CC1CCCC(C(Cc2c(F)cccc2F)NN)C1. The van der Waals surface area contributed by atoms with Gasteiger partial charge in [0.05, 0.1) is 0 Å². The maximum absolute atomic E-state index is 13.7. The fraction of sp³-hybridized carbons (Fsp3) is 0.600. The van der Waals surface area contributed by atoms with Crippen molar-refractivity contribution in [3.63, 3.8) is 0 Å². The van der Waals surface area contributed by atoms with Crippen LogP contribution in [0.4, 0.5) is 8.78 Å². The number of hydrogen-bond donors (Lipinski definition) is 2. The van der Waals surface area contributed by atoms with Crippen LogP contribution < -0.4 is 11.3 Å². The van der Waals surface area contributed by atoms with Gasteiger partial charge in [-0.3, -0.25) is 11.3 Å². The average molecular weight is 268 g/mol. The summed E-state index contributed by atoms with van der Waals surface area (Å²) in [4.78, 5) is 0. The molecule has 0 spiro atoms. The molecule has 19 heavy (non-hydrogen) atoms. The lowest BCUT2D eigenvalue weighted by molar-refractivity contribution is 0.220. The van der Waals surface area contributed by atoms with Crippen molar-refractivity contribution >= 4 is 0 Å². The minimum Gasteiger partial charge on any atom is -0.271 e. The van der Waals surface area contributed by atoms with E-state index in [1.165, 1.54) is 31.0 Å². The summed E-state index contributed by atoms with van der Waals surface area (Å²) in [6.45, 7) is 2.23. The van der Waals surface area contributed by atoms with E-state index < -0.39 is 11.6 Å². The lowest BCUT2D eigenvalue weighted by Gasteiger charge is -2.33. The molecule has 3 N–H and O–H groups in total. The third kappa shape index (κ3) is 3.51. The molecule has 1 aliphatic rings. The van der Waals surface area contributed by atoms with E-state index in [4.69, 9.17) is 5.84 Å². The summed E-state index contributed by atoms with van der Waals surface area (Å²) in [5.74, 6) is 5.70. The number of hydrazine groups is 1. The highest BCUT2D eigenvalue weighted by atomic mass is 19.1. The molecule has 0 heterocycles. The Labute approximate surface area is 113 Å². The summed E-state index contributed by atoms with van der Waals surface area (Å²) < 4.78 is 27.4. The molecule has 1 saturated carbocycles. The van der Waals surface area contributed by atoms with Crippen molar-refractivity contribution in [2.75, 3.05) is 0 Å². The highest BCUT2D eigenvalue weighted by Gasteiger charge is 2.27. The molecular weight excluding hydrogens is 246 g/mol. The van der Waals surface area contributed by atoms with Crippen LogP contribution in [0.15, 0.2) is 18.2 Å². The Balaban J connectivity index is 2.10. The Bertz CT molecular complexity index is 402. The van der Waals surface area contributed by atoms with Crippen molar-refractivity contribution in [2.45, 2.75) is 45.1 Å². The van der Waals surface area contributed by atoms with E-state index in [2.05, 4.69) is 12.3 Å². The Morgan fingerprint density at radius 3 is 2.58 bits per heavy atom. The molecule has 1 aliphatic carbocycles. The first-order valence-electron chi connectivity index (χ1n) is 7.00. The molecule has 106 valence electrons. The number of nitrogens with two attached hydrogens (primary N) is 1. The van der Waals surface area contributed by atoms with Crippen molar-refractivity contribution in [1.29, 1.82) is 0 Å². The van der Waals surface area contributed by atoms with Gasteiger partial charge < -0.3 is 0 Å². The number of rotatable bonds is 4. The second-order valence-corrected chi connectivity index (χ2v) is 5.71. The molecular formula is C15H22F2N2. The van der Waals surface area contributed by atoms with Gasteiger partial charge in [-0.05, 0) is 43.2 Å². The fourth-order valence-electron chi connectivity index (χ4n) is 3.16. The summed E-state index contributed by atoms with van der Waals surface area (Å²) in [5.41, 5.74) is 2.90. The van der Waals surface area contributed by atoms with E-state index >= 15 is 0 Å². The molecule has 1 aromatic rings. The topological polar surface area (TPSA) is 38.0 Å². The maximum Gasteiger partial charge on any atom is 0.129 e. The first-order chi connectivity index (χ1) is 9.11. The van der Waals surface area contributed by atoms with E-state index in [9.17, 15) is 8.78 Å². The predicted octanol–water partition coefficient (Wildman–Crippen LogP) is 3.17. The van der Waals surface area contributed by atoms with Gasteiger partial charge in [0.15, 0.2) is 0 Å². The highest BCUT2D eigenvalue weighted by molar-refractivity contribution is 5.21. The van der Waals surface area contributed by atoms with E-state index in [0.29, 0.717) is 18.3 Å². The fourth-order valence-corrected chi connectivity index (χ4v) is 3.16. The van der Waals surface area contributed by atoms with Crippen LogP contribution in [0.1, 0.15) is 38.2 Å². The smallest absolute Gasteiger partial charge is 0.129 e. The molecule has 4 heteroatoms. The van der Waals surface area contributed by atoms with Crippen molar-refractivity contribution in [3.05, 3.63) is 35.4 Å². The van der Waals surface area contributed by atoms with Crippen LogP contribution in [0, 0.1) is 23.5 Å². The third-order valence-corrected chi connectivity index (χ3v) is 4.25. The summed E-state index contributed by atoms with van der Waals surface area (Å²) in [5, 5.41) is 0. The molecule has 1 aromatic carbocycles. The molecule has 0 aliphatic heterocycles. The first-order valence-corrected chi connectivity index (χ1v) is 7.00. The Morgan fingerprint density at radius 1 is 1.32 bits per heavy atom. The maximum atomic E-state index is 13.7. The zero-order valence-corrected chi connectivity index (χ0v) is 11.3. The molecule has 0 saturated heterocycles. The normalized spacial score (nSPS) is 25.3. The summed E-state index contributed by atoms with van der Waals surface area (Å²) in [7, 11) is 0. The summed E-state index contributed by atoms with van der Waals surface area (Å²) in [6.07, 6.45) is 4.87. The lowest BCUT2D eigenvalue weighted by atomic mass is 9.77. The molecule has 0 bridgehead atoms. The van der Waals surface area contributed by atoms with Gasteiger partial charge in [0, 0.05) is 11.6 Å². The van der Waals surface area contributed by atoms with Crippen LogP contribution in [0.3, 0.4) is 0 Å². The van der Waals surface area contributed by atoms with Crippen LogP contribution in [-0.2, 0) is 6.42 Å². The molecule has 0 aromatic heterocycles. The first kappa shape index (κ1) is 14.4. The molecule has 2 rings (SSSR count). The molecule has 3 atom stereocenters. The zero-order chi connectivity index (χ0) is 13.8. The van der Waals surface area contributed by atoms with Crippen LogP contribution in [0.2, 0.25) is 0 Å². The van der Waals surface area contributed by atoms with Crippen molar-refractivity contribution < 1.29 is 8.78 Å². The van der Waals surface area contributed by atoms with Gasteiger partial charge in [-0.15, -0.1) is 0 Å². The monoisotopic (exact) mass is 268 g/mol. The minimum absolute atomic E-state index is 0.0610. The van der Waals surface area contributed by atoms with Crippen molar-refractivity contribution in [1.82, 2.24) is 5.43 Å². The Morgan fingerprint density at radius 2 is 2.00 bits per heavy atom. The van der Waals surface area contributed by atoms with E-state index in [-0.39, 0.29) is 11.6 Å². The van der Waals surface area contributed by atoms with Crippen molar-refractivity contribution in [2.24, 2.45) is 17.7 Å². The van der Waals surface area contributed by atoms with Gasteiger partial charge in [0.2, 0.25) is 0 Å². The minimum atomic E-state index is -0.482. The second-order valence-electron chi connectivity index (χ2n) is 5.71. The zero-order valence-electron chi connectivity index (χ0n) is 11.3. The third-order valence-electron chi connectivity index (χ3n) is 4.25. The number of nitrogens with one attached hydrogen (secondary N) is 1. The van der Waals surface area contributed by atoms with Crippen LogP contribution in [0.25, 0.3) is 0 Å². The standard InChI is InChI=1S/C15H22F2N2/c1-10-4-2-5-11(8-10)15(19-18)9-12-13(16)6-3-7-14(12)17/h3,6-7,10-11,15,19H,2,4-5,8-9,18H2,1H3. The van der Waals surface area contributed by atoms with Gasteiger partial charge >= 0.3 is 0 Å². The van der Waals surface area contributed by atoms with Crippen molar-refractivity contribution in [3.8, 4) is 0 Å². The van der Waals surface area contributed by atoms with Crippen LogP contribution >= 0.6 is 0 Å². The average Bonchev–Trinajstić information content (AvgIpc) is 2.38. The largest absolute Gasteiger partial charge is 0.271 e. The van der Waals surface area contributed by atoms with E-state index in [1.54, 1.807) is 0 Å². The predicted molar refractivity (Wildman–Crippen MR) is 72.3 cm³/mol.